The predicted octanol–water partition coefficient (Wildman–Crippen LogP) is 6.07. The van der Waals surface area contributed by atoms with Crippen molar-refractivity contribution in [3.8, 4) is 34.0 Å². The maximum atomic E-state index is 14.7. The average molecular weight is 565 g/mol. The number of pyridine rings is 1. The number of hydrogen-bond donors (Lipinski definition) is 2. The van der Waals surface area contributed by atoms with Gasteiger partial charge in [-0.2, -0.15) is 0 Å². The van der Waals surface area contributed by atoms with Gasteiger partial charge in [0.15, 0.2) is 5.82 Å². The SMILES string of the molecule is COc1cccc(F)c1-c1nccc(Nc2cc(N3CCC[C@H](N)C3)c(-c3cc(C)c(OC)c(C)c3)cn2)n1.Cl. The molecule has 1 aliphatic heterocycles. The monoisotopic (exact) mass is 564 g/mol. The first kappa shape index (κ1) is 29.0. The Morgan fingerprint density at radius 2 is 1.80 bits per heavy atom. The van der Waals surface area contributed by atoms with Gasteiger partial charge in [0, 0.05) is 48.8 Å². The first-order valence-electron chi connectivity index (χ1n) is 13.0. The van der Waals surface area contributed by atoms with Crippen molar-refractivity contribution < 1.29 is 13.9 Å². The molecule has 10 heteroatoms. The van der Waals surface area contributed by atoms with Crippen LogP contribution in [-0.4, -0.2) is 48.3 Å². The fourth-order valence-corrected chi connectivity index (χ4v) is 5.23. The maximum Gasteiger partial charge on any atom is 0.168 e. The summed E-state index contributed by atoms with van der Waals surface area (Å²) in [5.74, 6) is 2.12. The van der Waals surface area contributed by atoms with E-state index in [9.17, 15) is 4.39 Å². The summed E-state index contributed by atoms with van der Waals surface area (Å²) in [5.41, 5.74) is 11.8. The van der Waals surface area contributed by atoms with Crippen molar-refractivity contribution in [2.75, 3.05) is 37.5 Å². The van der Waals surface area contributed by atoms with E-state index < -0.39 is 5.82 Å². The number of aromatic nitrogens is 3. The minimum Gasteiger partial charge on any atom is -0.496 e. The van der Waals surface area contributed by atoms with E-state index in [4.69, 9.17) is 20.2 Å². The highest BCUT2D eigenvalue weighted by Crippen LogP contribution is 2.38. The summed E-state index contributed by atoms with van der Waals surface area (Å²) in [4.78, 5) is 15.9. The number of halogens is 2. The van der Waals surface area contributed by atoms with Crippen LogP contribution in [0.2, 0.25) is 0 Å². The lowest BCUT2D eigenvalue weighted by atomic mass is 9.97. The molecule has 3 heterocycles. The summed E-state index contributed by atoms with van der Waals surface area (Å²) in [5, 5.41) is 3.28. The lowest BCUT2D eigenvalue weighted by molar-refractivity contribution is 0.408. The number of nitrogens with two attached hydrogens (primary N) is 1. The van der Waals surface area contributed by atoms with E-state index in [0.29, 0.717) is 17.4 Å². The topological polar surface area (TPSA) is 98.4 Å². The number of nitrogens with one attached hydrogen (secondary N) is 1. The van der Waals surface area contributed by atoms with Gasteiger partial charge in [-0.05, 0) is 73.7 Å². The number of rotatable bonds is 7. The molecule has 1 saturated heterocycles. The fourth-order valence-electron chi connectivity index (χ4n) is 5.23. The zero-order valence-corrected chi connectivity index (χ0v) is 23.9. The largest absolute Gasteiger partial charge is 0.496 e. The van der Waals surface area contributed by atoms with Crippen molar-refractivity contribution >= 4 is 29.7 Å². The van der Waals surface area contributed by atoms with E-state index in [1.807, 2.05) is 26.1 Å². The van der Waals surface area contributed by atoms with Crippen LogP contribution in [0.5, 0.6) is 11.5 Å². The number of hydrogen-bond acceptors (Lipinski definition) is 8. The number of methoxy groups -OCH3 is 2. The van der Waals surface area contributed by atoms with Crippen molar-refractivity contribution in [1.82, 2.24) is 15.0 Å². The quantitative estimate of drug-likeness (QED) is 0.279. The molecular weight excluding hydrogens is 531 g/mol. The molecule has 8 nitrogen and oxygen atoms in total. The summed E-state index contributed by atoms with van der Waals surface area (Å²) in [6.45, 7) is 5.76. The minimum atomic E-state index is -0.456. The van der Waals surface area contributed by atoms with Gasteiger partial charge < -0.3 is 25.4 Å². The number of aryl methyl sites for hydroxylation is 2. The molecule has 2 aromatic carbocycles. The predicted molar refractivity (Wildman–Crippen MR) is 160 cm³/mol. The van der Waals surface area contributed by atoms with Gasteiger partial charge in [-0.3, -0.25) is 0 Å². The van der Waals surface area contributed by atoms with Crippen LogP contribution in [0.15, 0.2) is 54.9 Å². The van der Waals surface area contributed by atoms with Crippen molar-refractivity contribution in [2.45, 2.75) is 32.7 Å². The van der Waals surface area contributed by atoms with Crippen molar-refractivity contribution in [3.05, 3.63) is 71.8 Å². The molecule has 0 aliphatic carbocycles. The third kappa shape index (κ3) is 5.95. The van der Waals surface area contributed by atoms with Crippen LogP contribution in [0.4, 0.5) is 21.7 Å². The Morgan fingerprint density at radius 3 is 2.50 bits per heavy atom. The van der Waals surface area contributed by atoms with E-state index in [0.717, 1.165) is 59.6 Å². The number of anilines is 3. The molecule has 210 valence electrons. The second kappa shape index (κ2) is 12.5. The molecule has 5 rings (SSSR count). The van der Waals surface area contributed by atoms with Crippen LogP contribution in [0, 0.1) is 19.7 Å². The first-order chi connectivity index (χ1) is 18.9. The zero-order chi connectivity index (χ0) is 27.5. The average Bonchev–Trinajstić information content (AvgIpc) is 2.93. The number of benzene rings is 2. The van der Waals surface area contributed by atoms with Crippen LogP contribution < -0.4 is 25.4 Å². The Hall–Kier alpha value is -3.95. The molecular formula is C30H34ClFN6O2. The van der Waals surface area contributed by atoms with Gasteiger partial charge in [0.25, 0.3) is 0 Å². The van der Waals surface area contributed by atoms with Crippen molar-refractivity contribution in [2.24, 2.45) is 5.73 Å². The van der Waals surface area contributed by atoms with Crippen molar-refractivity contribution in [3.63, 3.8) is 0 Å². The normalized spacial score (nSPS) is 14.8. The second-order valence-corrected chi connectivity index (χ2v) is 9.79. The molecule has 0 unspecified atom stereocenters. The molecule has 40 heavy (non-hydrogen) atoms. The van der Waals surface area contributed by atoms with Crippen LogP contribution in [0.3, 0.4) is 0 Å². The zero-order valence-electron chi connectivity index (χ0n) is 23.1. The summed E-state index contributed by atoms with van der Waals surface area (Å²) in [6.07, 6.45) is 5.48. The summed E-state index contributed by atoms with van der Waals surface area (Å²) < 4.78 is 25.6. The molecule has 2 aromatic heterocycles. The molecule has 1 aliphatic rings. The van der Waals surface area contributed by atoms with Gasteiger partial charge in [0.05, 0.1) is 19.8 Å². The lowest BCUT2D eigenvalue weighted by Gasteiger charge is -2.34. The molecule has 4 aromatic rings. The van der Waals surface area contributed by atoms with Gasteiger partial charge in [0.2, 0.25) is 0 Å². The fraction of sp³-hybridized carbons (Fsp3) is 0.300. The Bertz CT molecular complexity index is 1480. The molecule has 0 spiro atoms. The molecule has 0 saturated carbocycles. The van der Waals surface area contributed by atoms with E-state index >= 15 is 0 Å². The third-order valence-corrected chi connectivity index (χ3v) is 6.99. The van der Waals surface area contributed by atoms with Crippen LogP contribution >= 0.6 is 12.4 Å². The molecule has 3 N–H and O–H groups in total. The maximum absolute atomic E-state index is 14.7. The Kier molecular flexibility index (Phi) is 9.07. The number of piperidine rings is 1. The van der Waals surface area contributed by atoms with Crippen LogP contribution in [0.1, 0.15) is 24.0 Å². The van der Waals surface area contributed by atoms with Crippen LogP contribution in [0.25, 0.3) is 22.5 Å². The summed E-state index contributed by atoms with van der Waals surface area (Å²) in [7, 11) is 3.18. The molecule has 0 radical (unpaired) electrons. The molecule has 1 atom stereocenters. The minimum absolute atomic E-state index is 0. The Morgan fingerprint density at radius 1 is 1.02 bits per heavy atom. The van der Waals surface area contributed by atoms with E-state index in [2.05, 4.69) is 32.3 Å². The molecule has 0 bridgehead atoms. The number of ether oxygens (including phenoxy) is 2. The van der Waals surface area contributed by atoms with Crippen LogP contribution in [-0.2, 0) is 0 Å². The smallest absolute Gasteiger partial charge is 0.168 e. The lowest BCUT2D eigenvalue weighted by Crippen LogP contribution is -2.43. The van der Waals surface area contributed by atoms with E-state index in [1.165, 1.54) is 13.2 Å². The molecule has 1 fully saturated rings. The van der Waals surface area contributed by atoms with Gasteiger partial charge in [0.1, 0.15) is 29.0 Å². The van der Waals surface area contributed by atoms with Gasteiger partial charge >= 0.3 is 0 Å². The highest BCUT2D eigenvalue weighted by atomic mass is 35.5. The number of nitrogens with zero attached hydrogens (tertiary/aromatic N) is 4. The first-order valence-corrected chi connectivity index (χ1v) is 13.0. The second-order valence-electron chi connectivity index (χ2n) is 9.79. The highest BCUT2D eigenvalue weighted by Gasteiger charge is 2.22. The van der Waals surface area contributed by atoms with Gasteiger partial charge in [-0.15, -0.1) is 12.4 Å². The Labute approximate surface area is 240 Å². The van der Waals surface area contributed by atoms with E-state index in [-0.39, 0.29) is 29.8 Å². The highest BCUT2D eigenvalue weighted by molar-refractivity contribution is 5.85. The van der Waals surface area contributed by atoms with Crippen molar-refractivity contribution in [1.29, 1.82) is 0 Å². The van der Waals surface area contributed by atoms with E-state index in [1.54, 1.807) is 31.5 Å². The Balaban J connectivity index is 0.00000370. The standard InChI is InChI=1S/C30H33FN6O2.ClH/c1-18-13-20(14-19(2)29(18)39-4)22-16-34-27(15-24(22)37-12-6-7-21(32)17-37)35-26-10-11-33-30(36-26)28-23(31)8-5-9-25(28)38-3;/h5,8-11,13-16,21H,6-7,12,17,32H2,1-4H3,(H,33,34,35,36);1H/t21-;/m0./s1. The summed E-state index contributed by atoms with van der Waals surface area (Å²) in [6, 6.07) is 12.7. The summed E-state index contributed by atoms with van der Waals surface area (Å²) >= 11 is 0. The third-order valence-electron chi connectivity index (χ3n) is 6.99. The van der Waals surface area contributed by atoms with Gasteiger partial charge in [-0.25, -0.2) is 19.3 Å². The van der Waals surface area contributed by atoms with Gasteiger partial charge in [-0.1, -0.05) is 6.07 Å². The molecule has 0 amide bonds.